The Bertz CT molecular complexity index is 1380. The van der Waals surface area contributed by atoms with Crippen LogP contribution in [0.1, 0.15) is 28.4 Å². The van der Waals surface area contributed by atoms with Crippen molar-refractivity contribution in [3.63, 3.8) is 0 Å². The summed E-state index contributed by atoms with van der Waals surface area (Å²) in [6.07, 6.45) is 0. The zero-order valence-corrected chi connectivity index (χ0v) is 19.3. The minimum absolute atomic E-state index is 0.0443. The molecule has 0 radical (unpaired) electrons. The number of benzene rings is 2. The van der Waals surface area contributed by atoms with Gasteiger partial charge in [-0.2, -0.15) is 5.26 Å². The van der Waals surface area contributed by atoms with Crippen molar-refractivity contribution in [1.82, 2.24) is 10.3 Å². The van der Waals surface area contributed by atoms with Crippen LogP contribution in [0.3, 0.4) is 0 Å². The molecule has 1 aromatic heterocycles. The van der Waals surface area contributed by atoms with Crippen molar-refractivity contribution in [1.29, 1.82) is 5.26 Å². The first kappa shape index (κ1) is 22.8. The van der Waals surface area contributed by atoms with Crippen molar-refractivity contribution in [2.45, 2.75) is 18.9 Å². The van der Waals surface area contributed by atoms with Gasteiger partial charge in [0.25, 0.3) is 5.91 Å². The number of ether oxygens (including phenoxy) is 3. The Balaban J connectivity index is 1.21. The van der Waals surface area contributed by atoms with Crippen molar-refractivity contribution in [3.05, 3.63) is 58.2 Å². The molecule has 2 amide bonds. The van der Waals surface area contributed by atoms with Gasteiger partial charge in [0, 0.05) is 16.5 Å². The SMILES string of the molecule is C[C@@]1(C#N)COCc2ccc(C(=O)NCC(=O)Nc3nc(-c4cc(F)c5c(c4)OCO5)cs3)cc21. The van der Waals surface area contributed by atoms with Gasteiger partial charge in [0.05, 0.1) is 31.5 Å². The van der Waals surface area contributed by atoms with Crippen molar-refractivity contribution in [3.8, 4) is 28.8 Å². The van der Waals surface area contributed by atoms with Crippen LogP contribution in [0.25, 0.3) is 11.3 Å². The molecule has 0 unspecified atom stereocenters. The summed E-state index contributed by atoms with van der Waals surface area (Å²) in [6.45, 7) is 2.07. The molecule has 1 atom stereocenters. The maximum absolute atomic E-state index is 14.2. The van der Waals surface area contributed by atoms with Gasteiger partial charge in [0.2, 0.25) is 18.4 Å². The molecular weight excluding hydrogens is 475 g/mol. The number of nitrogens with one attached hydrogen (secondary N) is 2. The smallest absolute Gasteiger partial charge is 0.251 e. The number of rotatable bonds is 5. The highest BCUT2D eigenvalue weighted by atomic mass is 32.1. The van der Waals surface area contributed by atoms with Crippen LogP contribution in [0, 0.1) is 17.1 Å². The van der Waals surface area contributed by atoms with E-state index in [-0.39, 0.29) is 25.7 Å². The fourth-order valence-electron chi connectivity index (χ4n) is 3.90. The molecule has 2 N–H and O–H groups in total. The Morgan fingerprint density at radius 3 is 2.97 bits per heavy atom. The molecule has 3 aromatic rings. The van der Waals surface area contributed by atoms with E-state index in [1.165, 1.54) is 17.4 Å². The minimum atomic E-state index is -0.843. The maximum atomic E-state index is 14.2. The molecule has 0 saturated heterocycles. The molecular formula is C24H19FN4O5S. The number of hydrogen-bond donors (Lipinski definition) is 2. The van der Waals surface area contributed by atoms with Gasteiger partial charge >= 0.3 is 0 Å². The van der Waals surface area contributed by atoms with E-state index in [2.05, 4.69) is 21.7 Å². The van der Waals surface area contributed by atoms with E-state index in [9.17, 15) is 19.2 Å². The lowest BCUT2D eigenvalue weighted by molar-refractivity contribution is -0.115. The number of thiazole rings is 1. The summed E-state index contributed by atoms with van der Waals surface area (Å²) in [6, 6.07) is 10.2. The van der Waals surface area contributed by atoms with Gasteiger partial charge in [0.1, 0.15) is 5.41 Å². The van der Waals surface area contributed by atoms with E-state index in [0.717, 1.165) is 11.1 Å². The van der Waals surface area contributed by atoms with Crippen LogP contribution in [-0.2, 0) is 21.6 Å². The zero-order chi connectivity index (χ0) is 24.6. The number of halogens is 1. The fourth-order valence-corrected chi connectivity index (χ4v) is 4.63. The van der Waals surface area contributed by atoms with Crippen LogP contribution in [0.4, 0.5) is 9.52 Å². The average molecular weight is 495 g/mol. The molecule has 0 aliphatic carbocycles. The molecule has 0 fully saturated rings. The third-order valence-corrected chi connectivity index (χ3v) is 6.50. The Kier molecular flexibility index (Phi) is 5.84. The minimum Gasteiger partial charge on any atom is -0.453 e. The molecule has 0 saturated carbocycles. The van der Waals surface area contributed by atoms with Gasteiger partial charge < -0.3 is 24.8 Å². The van der Waals surface area contributed by atoms with E-state index >= 15 is 0 Å². The maximum Gasteiger partial charge on any atom is 0.251 e. The number of nitrogens with zero attached hydrogens (tertiary/aromatic N) is 2. The van der Waals surface area contributed by atoms with Gasteiger partial charge in [0.15, 0.2) is 16.7 Å². The predicted octanol–water partition coefficient (Wildman–Crippen LogP) is 3.36. The van der Waals surface area contributed by atoms with Gasteiger partial charge in [-0.3, -0.25) is 9.59 Å². The second kappa shape index (κ2) is 8.98. The van der Waals surface area contributed by atoms with Crippen LogP contribution in [0.5, 0.6) is 11.5 Å². The predicted molar refractivity (Wildman–Crippen MR) is 124 cm³/mol. The summed E-state index contributed by atoms with van der Waals surface area (Å²) in [5, 5.41) is 16.7. The topological polar surface area (TPSA) is 123 Å². The summed E-state index contributed by atoms with van der Waals surface area (Å²) in [7, 11) is 0. The lowest BCUT2D eigenvalue weighted by Crippen LogP contribution is -2.34. The number of carbonyl (C=O) groups is 2. The van der Waals surface area contributed by atoms with Crippen molar-refractivity contribution in [2.75, 3.05) is 25.3 Å². The molecule has 11 heteroatoms. The highest BCUT2D eigenvalue weighted by Gasteiger charge is 2.33. The molecule has 2 aliphatic heterocycles. The first-order valence-corrected chi connectivity index (χ1v) is 11.5. The number of hydrogen-bond acceptors (Lipinski definition) is 8. The molecule has 5 rings (SSSR count). The quantitative estimate of drug-likeness (QED) is 0.558. The van der Waals surface area contributed by atoms with Gasteiger partial charge in [-0.15, -0.1) is 11.3 Å². The van der Waals surface area contributed by atoms with Crippen LogP contribution >= 0.6 is 11.3 Å². The van der Waals surface area contributed by atoms with Crippen LogP contribution < -0.4 is 20.1 Å². The Morgan fingerprint density at radius 1 is 1.29 bits per heavy atom. The van der Waals surface area contributed by atoms with E-state index < -0.39 is 23.0 Å². The normalized spacial score (nSPS) is 17.9. The first-order valence-electron chi connectivity index (χ1n) is 10.6. The Hall–Kier alpha value is -4.01. The molecule has 9 nitrogen and oxygen atoms in total. The number of fused-ring (bicyclic) bond motifs is 2. The van der Waals surface area contributed by atoms with Crippen LogP contribution in [0.2, 0.25) is 0 Å². The van der Waals surface area contributed by atoms with E-state index in [1.807, 2.05) is 0 Å². The highest BCUT2D eigenvalue weighted by Crippen LogP contribution is 2.39. The monoisotopic (exact) mass is 494 g/mol. The number of amides is 2. The average Bonchev–Trinajstić information content (AvgIpc) is 3.52. The summed E-state index contributed by atoms with van der Waals surface area (Å²) in [5.74, 6) is -1.10. The molecule has 2 aromatic carbocycles. The second-order valence-electron chi connectivity index (χ2n) is 8.27. The lowest BCUT2D eigenvalue weighted by atomic mass is 9.79. The van der Waals surface area contributed by atoms with Crippen LogP contribution in [0.15, 0.2) is 35.7 Å². The standard InChI is InChI=1S/C24H19FN4O5S/c1-24(10-26)11-32-8-14-3-2-13(4-16(14)24)22(31)27-7-20(30)29-23-28-18(9-35-23)15-5-17(25)21-19(6-15)33-12-34-21/h2-6,9H,7-8,11-12H2,1H3,(H,27,31)(H,28,29,30)/t24-/m1/s1. The van der Waals surface area contributed by atoms with Crippen molar-refractivity contribution in [2.24, 2.45) is 0 Å². The largest absolute Gasteiger partial charge is 0.453 e. The van der Waals surface area contributed by atoms with Crippen molar-refractivity contribution >= 4 is 28.3 Å². The van der Waals surface area contributed by atoms with Gasteiger partial charge in [-0.05, 0) is 42.3 Å². The first-order chi connectivity index (χ1) is 16.9. The fraction of sp³-hybridized carbons (Fsp3) is 0.250. The van der Waals surface area contributed by atoms with E-state index in [0.29, 0.717) is 34.3 Å². The molecule has 178 valence electrons. The van der Waals surface area contributed by atoms with E-state index in [4.69, 9.17) is 14.2 Å². The highest BCUT2D eigenvalue weighted by molar-refractivity contribution is 7.14. The summed E-state index contributed by atoms with van der Waals surface area (Å²) < 4.78 is 30.0. The molecule has 2 aliphatic rings. The zero-order valence-electron chi connectivity index (χ0n) is 18.5. The molecule has 3 heterocycles. The molecule has 0 spiro atoms. The third-order valence-electron chi connectivity index (χ3n) is 5.74. The van der Waals surface area contributed by atoms with Gasteiger partial charge in [-0.1, -0.05) is 6.07 Å². The molecule has 35 heavy (non-hydrogen) atoms. The summed E-state index contributed by atoms with van der Waals surface area (Å²) in [4.78, 5) is 29.3. The molecule has 0 bridgehead atoms. The second-order valence-corrected chi connectivity index (χ2v) is 9.13. The number of aromatic nitrogens is 1. The number of nitriles is 1. The van der Waals surface area contributed by atoms with Crippen molar-refractivity contribution < 1.29 is 28.2 Å². The summed E-state index contributed by atoms with van der Waals surface area (Å²) >= 11 is 1.17. The summed E-state index contributed by atoms with van der Waals surface area (Å²) in [5.41, 5.74) is 2.06. The Morgan fingerprint density at radius 2 is 2.14 bits per heavy atom. The number of anilines is 1. The Labute approximate surface area is 203 Å². The number of carbonyl (C=O) groups excluding carboxylic acids is 2. The third kappa shape index (κ3) is 4.41. The van der Waals surface area contributed by atoms with Gasteiger partial charge in [-0.25, -0.2) is 9.37 Å². The van der Waals surface area contributed by atoms with E-state index in [1.54, 1.807) is 36.6 Å². The lowest BCUT2D eigenvalue weighted by Gasteiger charge is -2.30. The van der Waals surface area contributed by atoms with Crippen LogP contribution in [-0.4, -0.2) is 36.7 Å².